The van der Waals surface area contributed by atoms with Crippen molar-refractivity contribution >= 4 is 24.5 Å². The first-order chi connectivity index (χ1) is 12.5. The fourth-order valence-electron chi connectivity index (χ4n) is 2.29. The smallest absolute Gasteiger partial charge is 0.467 e. The second-order valence-electron chi connectivity index (χ2n) is 5.44. The van der Waals surface area contributed by atoms with Crippen molar-refractivity contribution in [2.24, 2.45) is 0 Å². The Kier molecular flexibility index (Phi) is 10.6. The first kappa shape index (κ1) is 22.1. The van der Waals surface area contributed by atoms with Gasteiger partial charge in [-0.3, -0.25) is 4.79 Å². The predicted octanol–water partition coefficient (Wildman–Crippen LogP) is -0.462. The number of benzene rings is 1. The molecule has 1 aromatic rings. The number of ether oxygens (including phenoxy) is 3. The van der Waals surface area contributed by atoms with Crippen LogP contribution < -0.4 is 10.8 Å². The van der Waals surface area contributed by atoms with Crippen molar-refractivity contribution in [1.82, 2.24) is 5.32 Å². The Morgan fingerprint density at radius 1 is 1.04 bits per heavy atom. The molecule has 0 saturated heterocycles. The molecule has 0 spiro atoms. The molecule has 0 radical (unpaired) electrons. The molecule has 0 aliphatic heterocycles. The molecule has 1 atom stereocenters. The molecule has 144 valence electrons. The maximum absolute atomic E-state index is 12.0. The Morgan fingerprint density at radius 3 is 2.23 bits per heavy atom. The molecular formula is C17H26BNO7. The van der Waals surface area contributed by atoms with Gasteiger partial charge in [0.2, 0.25) is 5.91 Å². The van der Waals surface area contributed by atoms with Gasteiger partial charge in [-0.2, -0.15) is 0 Å². The monoisotopic (exact) mass is 367 g/mol. The summed E-state index contributed by atoms with van der Waals surface area (Å²) in [5.41, 5.74) is 1.71. The molecule has 0 aliphatic carbocycles. The summed E-state index contributed by atoms with van der Waals surface area (Å²) < 4.78 is 25.1. The van der Waals surface area contributed by atoms with E-state index in [-0.39, 0.29) is 6.61 Å². The zero-order valence-electron chi connectivity index (χ0n) is 15.7. The minimum atomic E-state index is -0.801. The fraction of sp³-hybridized carbons (Fsp3) is 0.529. The summed E-state index contributed by atoms with van der Waals surface area (Å²) in [5.74, 6) is -0.919. The van der Waals surface area contributed by atoms with E-state index in [1.165, 1.54) is 7.11 Å². The molecule has 1 N–H and O–H groups in total. The SMILES string of the molecule is COCCOCC(=O)N[C@@H](Cc1ccc(B(OC)OC)cc1)C(=O)OC. The molecule has 1 aromatic carbocycles. The van der Waals surface area contributed by atoms with Crippen molar-refractivity contribution in [1.29, 1.82) is 0 Å². The molecule has 1 amide bonds. The number of methoxy groups -OCH3 is 2. The van der Waals surface area contributed by atoms with Crippen LogP contribution in [-0.2, 0) is 39.5 Å². The average molecular weight is 367 g/mol. The molecule has 26 heavy (non-hydrogen) atoms. The van der Waals surface area contributed by atoms with Crippen LogP contribution in [0.2, 0.25) is 0 Å². The number of esters is 1. The highest BCUT2D eigenvalue weighted by Gasteiger charge is 2.23. The first-order valence-electron chi connectivity index (χ1n) is 8.14. The lowest BCUT2D eigenvalue weighted by Crippen LogP contribution is -2.44. The van der Waals surface area contributed by atoms with E-state index < -0.39 is 25.0 Å². The van der Waals surface area contributed by atoms with E-state index in [9.17, 15) is 9.59 Å². The van der Waals surface area contributed by atoms with Gasteiger partial charge in [-0.15, -0.1) is 0 Å². The molecular weight excluding hydrogens is 341 g/mol. The van der Waals surface area contributed by atoms with Gasteiger partial charge < -0.3 is 28.8 Å². The van der Waals surface area contributed by atoms with Gasteiger partial charge in [0.15, 0.2) is 0 Å². The van der Waals surface area contributed by atoms with E-state index in [4.69, 9.17) is 23.5 Å². The summed E-state index contributed by atoms with van der Waals surface area (Å²) in [6, 6.07) is 6.58. The van der Waals surface area contributed by atoms with Gasteiger partial charge in [-0.05, 0) is 11.0 Å². The number of amides is 1. The quantitative estimate of drug-likeness (QED) is 0.304. The third-order valence-electron chi connectivity index (χ3n) is 3.61. The molecule has 1 rings (SSSR count). The first-order valence-corrected chi connectivity index (χ1v) is 8.14. The fourth-order valence-corrected chi connectivity index (χ4v) is 2.29. The van der Waals surface area contributed by atoms with E-state index in [2.05, 4.69) is 5.32 Å². The second kappa shape index (κ2) is 12.4. The number of hydrogen-bond donors (Lipinski definition) is 1. The summed E-state index contributed by atoms with van der Waals surface area (Å²) in [6.07, 6.45) is 0.293. The number of carbonyl (C=O) groups excluding carboxylic acids is 2. The van der Waals surface area contributed by atoms with Crippen molar-refractivity contribution in [3.63, 3.8) is 0 Å². The number of nitrogens with one attached hydrogen (secondary N) is 1. The van der Waals surface area contributed by atoms with Gasteiger partial charge in [-0.25, -0.2) is 4.79 Å². The van der Waals surface area contributed by atoms with Crippen molar-refractivity contribution in [3.8, 4) is 0 Å². The zero-order chi connectivity index (χ0) is 19.4. The summed E-state index contributed by atoms with van der Waals surface area (Å²) in [6.45, 7) is 0.539. The Hall–Kier alpha value is -1.94. The van der Waals surface area contributed by atoms with E-state index in [0.29, 0.717) is 19.6 Å². The van der Waals surface area contributed by atoms with Gasteiger partial charge in [0.05, 0.1) is 20.3 Å². The van der Waals surface area contributed by atoms with Crippen LogP contribution in [0.5, 0.6) is 0 Å². The predicted molar refractivity (Wildman–Crippen MR) is 96.2 cm³/mol. The molecule has 0 aromatic heterocycles. The molecule has 0 saturated carbocycles. The lowest BCUT2D eigenvalue weighted by Gasteiger charge is -2.17. The van der Waals surface area contributed by atoms with E-state index in [0.717, 1.165) is 11.0 Å². The van der Waals surface area contributed by atoms with Crippen LogP contribution in [0.1, 0.15) is 5.56 Å². The van der Waals surface area contributed by atoms with Crippen LogP contribution in [0.15, 0.2) is 24.3 Å². The molecule has 9 heteroatoms. The maximum Gasteiger partial charge on any atom is 0.493 e. The minimum Gasteiger partial charge on any atom is -0.467 e. The van der Waals surface area contributed by atoms with E-state index >= 15 is 0 Å². The van der Waals surface area contributed by atoms with Crippen LogP contribution in [0, 0.1) is 0 Å². The van der Waals surface area contributed by atoms with Gasteiger partial charge in [-0.1, -0.05) is 24.3 Å². The van der Waals surface area contributed by atoms with Crippen LogP contribution in [0.4, 0.5) is 0 Å². The zero-order valence-corrected chi connectivity index (χ0v) is 15.7. The van der Waals surface area contributed by atoms with Crippen molar-refractivity contribution in [2.45, 2.75) is 12.5 Å². The van der Waals surface area contributed by atoms with Crippen LogP contribution in [0.3, 0.4) is 0 Å². The normalized spacial score (nSPS) is 11.7. The highest BCUT2D eigenvalue weighted by Crippen LogP contribution is 2.05. The summed E-state index contributed by atoms with van der Waals surface area (Å²) in [7, 11) is 5.48. The number of hydrogen-bond acceptors (Lipinski definition) is 7. The Balaban J connectivity index is 2.66. The highest BCUT2D eigenvalue weighted by molar-refractivity contribution is 6.61. The van der Waals surface area contributed by atoms with Gasteiger partial charge in [0, 0.05) is 27.8 Å². The molecule has 0 fully saturated rings. The second-order valence-corrected chi connectivity index (χ2v) is 5.44. The Bertz CT molecular complexity index is 549. The minimum absolute atomic E-state index is 0.154. The number of carbonyl (C=O) groups is 2. The van der Waals surface area contributed by atoms with Crippen molar-refractivity contribution in [3.05, 3.63) is 29.8 Å². The van der Waals surface area contributed by atoms with Gasteiger partial charge in [0.1, 0.15) is 12.6 Å². The van der Waals surface area contributed by atoms with E-state index in [1.54, 1.807) is 21.3 Å². The van der Waals surface area contributed by atoms with Crippen molar-refractivity contribution in [2.75, 3.05) is 48.3 Å². The summed E-state index contributed by atoms with van der Waals surface area (Å²) in [5, 5.41) is 2.62. The molecule has 0 heterocycles. The average Bonchev–Trinajstić information content (AvgIpc) is 2.66. The van der Waals surface area contributed by atoms with Crippen LogP contribution >= 0.6 is 0 Å². The number of rotatable bonds is 12. The molecule has 0 aliphatic rings. The summed E-state index contributed by atoms with van der Waals surface area (Å²) in [4.78, 5) is 23.9. The molecule has 0 unspecified atom stereocenters. The van der Waals surface area contributed by atoms with Gasteiger partial charge >= 0.3 is 13.1 Å². The van der Waals surface area contributed by atoms with Crippen LogP contribution in [0.25, 0.3) is 0 Å². The Morgan fingerprint density at radius 2 is 1.69 bits per heavy atom. The molecule has 0 bridgehead atoms. The maximum atomic E-state index is 12.0. The van der Waals surface area contributed by atoms with E-state index in [1.807, 2.05) is 24.3 Å². The third kappa shape index (κ3) is 7.53. The lowest BCUT2D eigenvalue weighted by molar-refractivity contribution is -0.145. The molecule has 8 nitrogen and oxygen atoms in total. The third-order valence-corrected chi connectivity index (χ3v) is 3.61. The van der Waals surface area contributed by atoms with Crippen LogP contribution in [-0.4, -0.2) is 73.3 Å². The largest absolute Gasteiger partial charge is 0.493 e. The highest BCUT2D eigenvalue weighted by atomic mass is 16.6. The Labute approximate surface area is 154 Å². The van der Waals surface area contributed by atoms with Crippen molar-refractivity contribution < 1.29 is 33.1 Å². The lowest BCUT2D eigenvalue weighted by atomic mass is 9.78. The van der Waals surface area contributed by atoms with Gasteiger partial charge in [0.25, 0.3) is 0 Å². The standard InChI is InChI=1S/C17H26BNO7/c1-22-9-10-26-12-16(20)19-15(17(21)23-2)11-13-5-7-14(8-6-13)18(24-3)25-4/h5-8,15H,9-12H2,1-4H3,(H,19,20)/t15-/m0/s1. The summed E-state index contributed by atoms with van der Waals surface area (Å²) >= 11 is 0. The topological polar surface area (TPSA) is 92.3 Å².